The molecular weight excluding hydrogens is 251 g/mol. The van der Waals surface area contributed by atoms with Crippen LogP contribution in [0.5, 0.6) is 0 Å². The third-order valence-electron chi connectivity index (χ3n) is 4.98. The van der Waals surface area contributed by atoms with Gasteiger partial charge in [0.15, 0.2) is 0 Å². The van der Waals surface area contributed by atoms with Crippen molar-refractivity contribution in [3.63, 3.8) is 0 Å². The Labute approximate surface area is 121 Å². The first kappa shape index (κ1) is 14.1. The van der Waals surface area contributed by atoms with Gasteiger partial charge in [0.1, 0.15) is 0 Å². The van der Waals surface area contributed by atoms with E-state index in [0.717, 1.165) is 18.3 Å². The first-order valence-corrected chi connectivity index (χ1v) is 7.32. The summed E-state index contributed by atoms with van der Waals surface area (Å²) in [4.78, 5) is 0. The van der Waals surface area contributed by atoms with Crippen molar-refractivity contribution >= 4 is 12.6 Å². The van der Waals surface area contributed by atoms with Crippen LogP contribution in [0.15, 0.2) is 18.2 Å². The molecule has 0 bridgehead atoms. The van der Waals surface area contributed by atoms with Gasteiger partial charge in [-0.2, -0.15) is 0 Å². The van der Waals surface area contributed by atoms with Crippen LogP contribution >= 0.6 is 0 Å². The molecule has 1 aromatic carbocycles. The first-order chi connectivity index (χ1) is 9.32. The molecule has 1 atom stereocenters. The van der Waals surface area contributed by atoms with Gasteiger partial charge in [0.05, 0.1) is 17.3 Å². The summed E-state index contributed by atoms with van der Waals surface area (Å²) in [6, 6.07) is 6.53. The normalized spacial score (nSPS) is 26.9. The zero-order valence-electron chi connectivity index (χ0n) is 13.0. The standard InChI is InChI=1S/C16H23BO3/c1-15(2)16(3,4)20-17(19-15)13-7-6-11-9-14(18-5)10-12(11)8-13/h6-8,14H,9-10H2,1-5H3/t14-/m1/s1. The molecule has 2 aliphatic rings. The Morgan fingerprint density at radius 3 is 2.25 bits per heavy atom. The Morgan fingerprint density at radius 2 is 1.65 bits per heavy atom. The molecule has 108 valence electrons. The van der Waals surface area contributed by atoms with Crippen LogP contribution in [-0.2, 0) is 26.9 Å². The first-order valence-electron chi connectivity index (χ1n) is 7.32. The summed E-state index contributed by atoms with van der Waals surface area (Å²) in [6.45, 7) is 8.34. The van der Waals surface area contributed by atoms with Crippen LogP contribution in [0.1, 0.15) is 38.8 Å². The molecule has 0 aromatic heterocycles. The topological polar surface area (TPSA) is 27.7 Å². The SMILES string of the molecule is CO[C@@H]1Cc2ccc(B3OC(C)(C)C(C)(C)O3)cc2C1. The summed E-state index contributed by atoms with van der Waals surface area (Å²) < 4.78 is 17.7. The number of rotatable bonds is 2. The van der Waals surface area contributed by atoms with Crippen molar-refractivity contribution in [2.45, 2.75) is 57.8 Å². The largest absolute Gasteiger partial charge is 0.494 e. The van der Waals surface area contributed by atoms with Crippen molar-refractivity contribution in [3.05, 3.63) is 29.3 Å². The quantitative estimate of drug-likeness (QED) is 0.773. The molecule has 0 spiro atoms. The van der Waals surface area contributed by atoms with Gasteiger partial charge < -0.3 is 14.0 Å². The maximum atomic E-state index is 6.11. The van der Waals surface area contributed by atoms with E-state index in [1.807, 2.05) is 0 Å². The summed E-state index contributed by atoms with van der Waals surface area (Å²) in [6.07, 6.45) is 2.31. The van der Waals surface area contributed by atoms with Gasteiger partial charge in [-0.15, -0.1) is 0 Å². The molecule has 4 heteroatoms. The summed E-state index contributed by atoms with van der Waals surface area (Å²) in [5.74, 6) is 0. The highest BCUT2D eigenvalue weighted by Gasteiger charge is 2.51. The number of hydrogen-bond donors (Lipinski definition) is 0. The molecule has 1 heterocycles. The lowest BCUT2D eigenvalue weighted by Crippen LogP contribution is -2.41. The average Bonchev–Trinajstić information content (AvgIpc) is 2.87. The highest BCUT2D eigenvalue weighted by molar-refractivity contribution is 6.62. The van der Waals surface area contributed by atoms with Crippen molar-refractivity contribution in [1.29, 1.82) is 0 Å². The van der Waals surface area contributed by atoms with Crippen molar-refractivity contribution < 1.29 is 14.0 Å². The fourth-order valence-corrected chi connectivity index (χ4v) is 2.89. The second-order valence-corrected chi connectivity index (χ2v) is 6.88. The zero-order chi connectivity index (χ0) is 14.5. The van der Waals surface area contributed by atoms with Crippen LogP contribution < -0.4 is 5.46 Å². The monoisotopic (exact) mass is 274 g/mol. The van der Waals surface area contributed by atoms with Gasteiger partial charge in [-0.1, -0.05) is 18.2 Å². The van der Waals surface area contributed by atoms with E-state index in [1.54, 1.807) is 7.11 Å². The van der Waals surface area contributed by atoms with Crippen LogP contribution in [0.4, 0.5) is 0 Å². The van der Waals surface area contributed by atoms with Crippen molar-refractivity contribution in [1.82, 2.24) is 0 Å². The minimum Gasteiger partial charge on any atom is -0.399 e. The molecule has 0 saturated carbocycles. The molecule has 0 radical (unpaired) electrons. The zero-order valence-corrected chi connectivity index (χ0v) is 13.0. The van der Waals surface area contributed by atoms with E-state index in [0.29, 0.717) is 6.10 Å². The Kier molecular flexibility index (Phi) is 3.24. The van der Waals surface area contributed by atoms with E-state index in [2.05, 4.69) is 45.9 Å². The predicted octanol–water partition coefficient (Wildman–Crippen LogP) is 2.10. The van der Waals surface area contributed by atoms with Crippen molar-refractivity contribution in [3.8, 4) is 0 Å². The van der Waals surface area contributed by atoms with E-state index in [9.17, 15) is 0 Å². The van der Waals surface area contributed by atoms with Crippen LogP contribution in [-0.4, -0.2) is 31.5 Å². The molecule has 1 aromatic rings. The van der Waals surface area contributed by atoms with Gasteiger partial charge in [-0.3, -0.25) is 0 Å². The molecule has 1 aliphatic carbocycles. The lowest BCUT2D eigenvalue weighted by molar-refractivity contribution is 0.00578. The lowest BCUT2D eigenvalue weighted by Gasteiger charge is -2.32. The minimum atomic E-state index is -0.286. The molecule has 0 unspecified atom stereocenters. The van der Waals surface area contributed by atoms with E-state index in [1.165, 1.54) is 11.1 Å². The predicted molar refractivity (Wildman–Crippen MR) is 80.4 cm³/mol. The summed E-state index contributed by atoms with van der Waals surface area (Å²) in [5, 5.41) is 0. The lowest BCUT2D eigenvalue weighted by atomic mass is 9.78. The van der Waals surface area contributed by atoms with E-state index >= 15 is 0 Å². The highest BCUT2D eigenvalue weighted by atomic mass is 16.7. The fraction of sp³-hybridized carbons (Fsp3) is 0.625. The van der Waals surface area contributed by atoms with Gasteiger partial charge in [0.2, 0.25) is 0 Å². The Morgan fingerprint density at radius 1 is 1.05 bits per heavy atom. The number of benzene rings is 1. The van der Waals surface area contributed by atoms with E-state index in [-0.39, 0.29) is 18.3 Å². The Balaban J connectivity index is 1.84. The second-order valence-electron chi connectivity index (χ2n) is 6.88. The van der Waals surface area contributed by atoms with E-state index in [4.69, 9.17) is 14.0 Å². The third kappa shape index (κ3) is 2.20. The molecule has 0 N–H and O–H groups in total. The molecular formula is C16H23BO3. The average molecular weight is 274 g/mol. The van der Waals surface area contributed by atoms with Gasteiger partial charge in [0, 0.05) is 7.11 Å². The smallest absolute Gasteiger partial charge is 0.399 e. The second kappa shape index (κ2) is 4.59. The van der Waals surface area contributed by atoms with Crippen LogP contribution in [0, 0.1) is 0 Å². The van der Waals surface area contributed by atoms with Crippen molar-refractivity contribution in [2.24, 2.45) is 0 Å². The van der Waals surface area contributed by atoms with Gasteiger partial charge in [-0.05, 0) is 57.1 Å². The van der Waals surface area contributed by atoms with Crippen LogP contribution in [0.25, 0.3) is 0 Å². The number of hydrogen-bond acceptors (Lipinski definition) is 3. The molecule has 0 amide bonds. The van der Waals surface area contributed by atoms with Crippen LogP contribution in [0.2, 0.25) is 0 Å². The maximum Gasteiger partial charge on any atom is 0.494 e. The Hall–Kier alpha value is -0.835. The summed E-state index contributed by atoms with van der Waals surface area (Å²) in [5.41, 5.74) is 3.29. The van der Waals surface area contributed by atoms with Crippen molar-refractivity contribution in [2.75, 3.05) is 7.11 Å². The third-order valence-corrected chi connectivity index (χ3v) is 4.98. The maximum absolute atomic E-state index is 6.11. The molecule has 1 aliphatic heterocycles. The summed E-state index contributed by atoms with van der Waals surface area (Å²) >= 11 is 0. The Bertz CT molecular complexity index is 508. The van der Waals surface area contributed by atoms with Crippen LogP contribution in [0.3, 0.4) is 0 Å². The van der Waals surface area contributed by atoms with Gasteiger partial charge >= 0.3 is 7.12 Å². The molecule has 3 rings (SSSR count). The number of methoxy groups -OCH3 is 1. The molecule has 1 saturated heterocycles. The van der Waals surface area contributed by atoms with Gasteiger partial charge in [-0.25, -0.2) is 0 Å². The number of ether oxygens (including phenoxy) is 1. The summed E-state index contributed by atoms with van der Waals surface area (Å²) in [7, 11) is 1.51. The minimum absolute atomic E-state index is 0.271. The van der Waals surface area contributed by atoms with E-state index < -0.39 is 0 Å². The molecule has 20 heavy (non-hydrogen) atoms. The highest BCUT2D eigenvalue weighted by Crippen LogP contribution is 2.36. The molecule has 3 nitrogen and oxygen atoms in total. The molecule has 1 fully saturated rings. The fourth-order valence-electron chi connectivity index (χ4n) is 2.89. The van der Waals surface area contributed by atoms with Gasteiger partial charge in [0.25, 0.3) is 0 Å². The number of fused-ring (bicyclic) bond motifs is 1.